The molecule has 4 aromatic rings. The summed E-state index contributed by atoms with van der Waals surface area (Å²) in [7, 11) is -2.63. The Bertz CT molecular complexity index is 1600. The first-order chi connectivity index (χ1) is 21.2. The molecule has 0 aliphatic carbocycles. The predicted octanol–water partition coefficient (Wildman–Crippen LogP) is 5.30. The van der Waals surface area contributed by atoms with E-state index in [0.29, 0.717) is 18.0 Å². The van der Waals surface area contributed by atoms with Gasteiger partial charge in [-0.1, -0.05) is 92.7 Å². The molecule has 0 bridgehead atoms. The number of anilines is 1. The lowest BCUT2D eigenvalue weighted by atomic mass is 10.0. The minimum absolute atomic E-state index is 0.0498. The molecular formula is C35H39N3O5S. The van der Waals surface area contributed by atoms with E-state index in [4.69, 9.17) is 4.74 Å². The lowest BCUT2D eigenvalue weighted by Crippen LogP contribution is -2.53. The van der Waals surface area contributed by atoms with E-state index in [1.807, 2.05) is 74.5 Å². The Balaban J connectivity index is 1.77. The normalized spacial score (nSPS) is 11.9. The van der Waals surface area contributed by atoms with E-state index < -0.39 is 28.5 Å². The molecule has 9 heteroatoms. The minimum atomic E-state index is -4.16. The molecule has 0 spiro atoms. The van der Waals surface area contributed by atoms with Gasteiger partial charge in [-0.3, -0.25) is 13.9 Å². The monoisotopic (exact) mass is 613 g/mol. The Morgan fingerprint density at radius 1 is 0.773 bits per heavy atom. The third-order valence-corrected chi connectivity index (χ3v) is 8.91. The molecule has 2 amide bonds. The molecule has 8 nitrogen and oxygen atoms in total. The second-order valence-corrected chi connectivity index (χ2v) is 12.7. The molecule has 0 fully saturated rings. The quantitative estimate of drug-likeness (QED) is 0.208. The first kappa shape index (κ1) is 32.3. The van der Waals surface area contributed by atoms with Crippen LogP contribution < -0.4 is 14.4 Å². The Hall–Kier alpha value is -4.63. The van der Waals surface area contributed by atoms with E-state index in [2.05, 4.69) is 5.32 Å². The fraction of sp³-hybridized carbons (Fsp3) is 0.257. The summed E-state index contributed by atoms with van der Waals surface area (Å²) in [6.45, 7) is 4.05. The second-order valence-electron chi connectivity index (χ2n) is 10.9. The third-order valence-electron chi connectivity index (χ3n) is 7.12. The van der Waals surface area contributed by atoms with Gasteiger partial charge >= 0.3 is 0 Å². The van der Waals surface area contributed by atoms with Crippen LogP contribution in [0, 0.1) is 5.92 Å². The highest BCUT2D eigenvalue weighted by Gasteiger charge is 2.34. The average molecular weight is 614 g/mol. The molecule has 0 saturated heterocycles. The summed E-state index contributed by atoms with van der Waals surface area (Å²) < 4.78 is 34.4. The number of nitrogens with one attached hydrogen (secondary N) is 1. The first-order valence-electron chi connectivity index (χ1n) is 14.6. The van der Waals surface area contributed by atoms with Crippen molar-refractivity contribution >= 4 is 27.5 Å². The van der Waals surface area contributed by atoms with E-state index in [-0.39, 0.29) is 29.7 Å². The number of hydrogen-bond acceptors (Lipinski definition) is 5. The number of sulfonamides is 1. The van der Waals surface area contributed by atoms with E-state index in [9.17, 15) is 18.0 Å². The molecule has 1 atom stereocenters. The molecule has 0 radical (unpaired) electrons. The van der Waals surface area contributed by atoms with E-state index >= 15 is 0 Å². The number of nitrogens with zero attached hydrogens (tertiary/aromatic N) is 2. The minimum Gasteiger partial charge on any atom is -0.497 e. The van der Waals surface area contributed by atoms with Crippen molar-refractivity contribution in [2.45, 2.75) is 37.8 Å². The highest BCUT2D eigenvalue weighted by atomic mass is 32.2. The zero-order valence-electron chi connectivity index (χ0n) is 25.3. The van der Waals surface area contributed by atoms with Crippen molar-refractivity contribution in [2.24, 2.45) is 5.92 Å². The zero-order valence-corrected chi connectivity index (χ0v) is 26.1. The van der Waals surface area contributed by atoms with Gasteiger partial charge < -0.3 is 15.0 Å². The van der Waals surface area contributed by atoms with Crippen molar-refractivity contribution < 1.29 is 22.7 Å². The lowest BCUT2D eigenvalue weighted by Gasteiger charge is -2.34. The Kier molecular flexibility index (Phi) is 11.2. The smallest absolute Gasteiger partial charge is 0.264 e. The Labute approximate surface area is 260 Å². The van der Waals surface area contributed by atoms with Crippen molar-refractivity contribution in [3.8, 4) is 5.75 Å². The molecule has 0 aliphatic rings. The third kappa shape index (κ3) is 8.48. The van der Waals surface area contributed by atoms with Crippen LogP contribution in [0.15, 0.2) is 120 Å². The SMILES string of the molecule is COc1ccc(N(CC(=O)N(Cc2ccccc2)[C@H](Cc2ccccc2)C(=O)NCC(C)C)S(=O)(=O)c2ccccc2)cc1. The van der Waals surface area contributed by atoms with Gasteiger partial charge in [-0.05, 0) is 53.4 Å². The molecule has 0 saturated carbocycles. The van der Waals surface area contributed by atoms with Gasteiger partial charge in [-0.2, -0.15) is 0 Å². The largest absolute Gasteiger partial charge is 0.497 e. The van der Waals surface area contributed by atoms with Gasteiger partial charge in [0.25, 0.3) is 10.0 Å². The Morgan fingerprint density at radius 2 is 1.32 bits per heavy atom. The summed E-state index contributed by atoms with van der Waals surface area (Å²) in [5.41, 5.74) is 2.00. The Morgan fingerprint density at radius 3 is 1.86 bits per heavy atom. The number of ether oxygens (including phenoxy) is 1. The summed E-state index contributed by atoms with van der Waals surface area (Å²) in [5.74, 6) is -0.0534. The van der Waals surface area contributed by atoms with Crippen LogP contribution >= 0.6 is 0 Å². The van der Waals surface area contributed by atoms with Crippen LogP contribution in [0.25, 0.3) is 0 Å². The van der Waals surface area contributed by atoms with Crippen molar-refractivity contribution in [2.75, 3.05) is 24.5 Å². The maximum absolute atomic E-state index is 14.4. The van der Waals surface area contributed by atoms with Gasteiger partial charge in [0, 0.05) is 19.5 Å². The van der Waals surface area contributed by atoms with Gasteiger partial charge in [0.05, 0.1) is 17.7 Å². The fourth-order valence-corrected chi connectivity index (χ4v) is 6.19. The van der Waals surface area contributed by atoms with Gasteiger partial charge in [-0.25, -0.2) is 8.42 Å². The topological polar surface area (TPSA) is 96.0 Å². The summed E-state index contributed by atoms with van der Waals surface area (Å²) in [4.78, 5) is 29.7. The predicted molar refractivity (Wildman–Crippen MR) is 173 cm³/mol. The first-order valence-corrected chi connectivity index (χ1v) is 16.0. The standard InChI is InChI=1S/C35H39N3O5S/c1-27(2)24-36-35(40)33(23-28-13-7-4-8-14-28)37(25-29-15-9-5-10-16-29)34(39)26-38(30-19-21-31(43-3)22-20-30)44(41,42)32-17-11-6-12-18-32/h4-22,27,33H,23-26H2,1-3H3,(H,36,40)/t33-/m1/s1. The van der Waals surface area contributed by atoms with Crippen molar-refractivity contribution in [3.05, 3.63) is 126 Å². The summed E-state index contributed by atoms with van der Waals surface area (Å²) >= 11 is 0. The van der Waals surface area contributed by atoms with Gasteiger partial charge in [0.1, 0.15) is 18.3 Å². The van der Waals surface area contributed by atoms with Crippen LogP contribution in [0.1, 0.15) is 25.0 Å². The van der Waals surface area contributed by atoms with Crippen LogP contribution in [0.2, 0.25) is 0 Å². The average Bonchev–Trinajstić information content (AvgIpc) is 3.05. The van der Waals surface area contributed by atoms with Crippen LogP contribution in [0.4, 0.5) is 5.69 Å². The molecule has 0 heterocycles. The number of carbonyl (C=O) groups is 2. The summed E-state index contributed by atoms with van der Waals surface area (Å²) in [6, 6.07) is 32.5. The maximum Gasteiger partial charge on any atom is 0.264 e. The van der Waals surface area contributed by atoms with Gasteiger partial charge in [-0.15, -0.1) is 0 Å². The van der Waals surface area contributed by atoms with E-state index in [1.54, 1.807) is 42.5 Å². The number of hydrogen-bond donors (Lipinski definition) is 1. The van der Waals surface area contributed by atoms with E-state index in [1.165, 1.54) is 24.1 Å². The fourth-order valence-electron chi connectivity index (χ4n) is 4.75. The van der Waals surface area contributed by atoms with Crippen LogP contribution in [0.5, 0.6) is 5.75 Å². The molecule has 1 N–H and O–H groups in total. The van der Waals surface area contributed by atoms with E-state index in [0.717, 1.165) is 15.4 Å². The maximum atomic E-state index is 14.4. The van der Waals surface area contributed by atoms with Crippen molar-refractivity contribution in [3.63, 3.8) is 0 Å². The highest BCUT2D eigenvalue weighted by molar-refractivity contribution is 7.92. The molecule has 0 aromatic heterocycles. The highest BCUT2D eigenvalue weighted by Crippen LogP contribution is 2.27. The number of carbonyl (C=O) groups excluding carboxylic acids is 2. The summed E-state index contributed by atoms with van der Waals surface area (Å²) in [6.07, 6.45) is 0.261. The molecule has 230 valence electrons. The number of amides is 2. The summed E-state index contributed by atoms with van der Waals surface area (Å²) in [5, 5.41) is 3.00. The molecular weight excluding hydrogens is 574 g/mol. The zero-order chi connectivity index (χ0) is 31.5. The number of benzene rings is 4. The second kappa shape index (κ2) is 15.2. The van der Waals surface area contributed by atoms with Gasteiger partial charge in [0.15, 0.2) is 0 Å². The molecule has 0 unspecified atom stereocenters. The molecule has 4 rings (SSSR count). The van der Waals surface area contributed by atoms with Crippen LogP contribution in [-0.2, 0) is 32.6 Å². The molecule has 4 aromatic carbocycles. The number of rotatable bonds is 14. The van der Waals surface area contributed by atoms with Gasteiger partial charge in [0.2, 0.25) is 11.8 Å². The van der Waals surface area contributed by atoms with Crippen LogP contribution in [0.3, 0.4) is 0 Å². The van der Waals surface area contributed by atoms with Crippen molar-refractivity contribution in [1.29, 1.82) is 0 Å². The molecule has 44 heavy (non-hydrogen) atoms. The molecule has 0 aliphatic heterocycles. The van der Waals surface area contributed by atoms with Crippen LogP contribution in [-0.4, -0.2) is 51.4 Å². The lowest BCUT2D eigenvalue weighted by molar-refractivity contribution is -0.140. The van der Waals surface area contributed by atoms with Crippen molar-refractivity contribution in [1.82, 2.24) is 10.2 Å². The number of methoxy groups -OCH3 is 1.